The third-order valence-corrected chi connectivity index (χ3v) is 1.66. The van der Waals surface area contributed by atoms with E-state index < -0.39 is 0 Å². The van der Waals surface area contributed by atoms with Crippen LogP contribution in [0.25, 0.3) is 0 Å². The van der Waals surface area contributed by atoms with Gasteiger partial charge in [-0.1, -0.05) is 6.07 Å². The largest absolute Gasteiger partial charge is 0.494 e. The van der Waals surface area contributed by atoms with Crippen molar-refractivity contribution in [3.8, 4) is 11.5 Å². The molecular formula is C10H13NO2. The molecule has 0 aliphatic heterocycles. The standard InChI is InChI=1S/C10H13NO2/c1-4-11-10-8(12-2)6-5-7-9(10)13-3/h4-7H,1-3H3. The summed E-state index contributed by atoms with van der Waals surface area (Å²) in [5.41, 5.74) is 0.731. The average Bonchev–Trinajstić information content (AvgIpc) is 2.18. The number of para-hydroxylation sites is 1. The molecule has 0 aliphatic carbocycles. The van der Waals surface area contributed by atoms with Crippen molar-refractivity contribution in [2.24, 2.45) is 4.99 Å². The van der Waals surface area contributed by atoms with Crippen molar-refractivity contribution in [3.63, 3.8) is 0 Å². The van der Waals surface area contributed by atoms with Crippen LogP contribution in [0.5, 0.6) is 11.5 Å². The Balaban J connectivity index is 3.21. The van der Waals surface area contributed by atoms with Gasteiger partial charge in [0.15, 0.2) is 0 Å². The highest BCUT2D eigenvalue weighted by Crippen LogP contribution is 2.36. The first kappa shape index (κ1) is 9.58. The van der Waals surface area contributed by atoms with Gasteiger partial charge in [-0.3, -0.25) is 4.99 Å². The molecule has 0 N–H and O–H groups in total. The van der Waals surface area contributed by atoms with E-state index in [0.29, 0.717) is 0 Å². The van der Waals surface area contributed by atoms with Crippen LogP contribution in [0, 0.1) is 0 Å². The van der Waals surface area contributed by atoms with E-state index in [9.17, 15) is 0 Å². The summed E-state index contributed by atoms with van der Waals surface area (Å²) < 4.78 is 10.3. The monoisotopic (exact) mass is 179 g/mol. The lowest BCUT2D eigenvalue weighted by molar-refractivity contribution is 0.397. The Kier molecular flexibility index (Phi) is 3.31. The van der Waals surface area contributed by atoms with Gasteiger partial charge in [-0.25, -0.2) is 0 Å². The first-order valence-corrected chi connectivity index (χ1v) is 4.03. The lowest BCUT2D eigenvalue weighted by atomic mass is 10.2. The number of rotatable bonds is 3. The molecule has 0 spiro atoms. The van der Waals surface area contributed by atoms with Crippen LogP contribution in [-0.2, 0) is 0 Å². The van der Waals surface area contributed by atoms with Crippen LogP contribution in [0.15, 0.2) is 23.2 Å². The number of aliphatic imine (C=N–C) groups is 1. The quantitative estimate of drug-likeness (QED) is 0.667. The fraction of sp³-hybridized carbons (Fsp3) is 0.300. The van der Waals surface area contributed by atoms with Gasteiger partial charge in [-0.15, -0.1) is 0 Å². The lowest BCUT2D eigenvalue weighted by Crippen LogP contribution is -1.88. The molecule has 0 radical (unpaired) electrons. The Morgan fingerprint density at radius 2 is 1.69 bits per heavy atom. The first-order valence-electron chi connectivity index (χ1n) is 4.03. The fourth-order valence-electron chi connectivity index (χ4n) is 1.09. The maximum Gasteiger partial charge on any atom is 0.148 e. The summed E-state index contributed by atoms with van der Waals surface area (Å²) in [7, 11) is 3.23. The Morgan fingerprint density at radius 3 is 2.08 bits per heavy atom. The zero-order valence-corrected chi connectivity index (χ0v) is 8.07. The van der Waals surface area contributed by atoms with Gasteiger partial charge >= 0.3 is 0 Å². The number of methoxy groups -OCH3 is 2. The maximum absolute atomic E-state index is 5.15. The highest BCUT2D eigenvalue weighted by molar-refractivity contribution is 5.69. The third kappa shape index (κ3) is 1.99. The van der Waals surface area contributed by atoms with Gasteiger partial charge in [0.1, 0.15) is 17.2 Å². The Morgan fingerprint density at radius 1 is 1.15 bits per heavy atom. The summed E-state index contributed by atoms with van der Waals surface area (Å²) in [5.74, 6) is 1.44. The van der Waals surface area contributed by atoms with Crippen molar-refractivity contribution in [2.75, 3.05) is 14.2 Å². The maximum atomic E-state index is 5.15. The Labute approximate surface area is 78.0 Å². The number of ether oxygens (including phenoxy) is 2. The number of hydrogen-bond donors (Lipinski definition) is 0. The van der Waals surface area contributed by atoms with Crippen LogP contribution in [0.3, 0.4) is 0 Å². The van der Waals surface area contributed by atoms with Crippen LogP contribution in [-0.4, -0.2) is 20.4 Å². The fourth-order valence-corrected chi connectivity index (χ4v) is 1.09. The summed E-state index contributed by atoms with van der Waals surface area (Å²) in [6.45, 7) is 1.85. The van der Waals surface area contributed by atoms with Crippen molar-refractivity contribution in [3.05, 3.63) is 18.2 Å². The molecule has 3 nitrogen and oxygen atoms in total. The van der Waals surface area contributed by atoms with Crippen molar-refractivity contribution in [1.29, 1.82) is 0 Å². The van der Waals surface area contributed by atoms with Gasteiger partial charge < -0.3 is 9.47 Å². The zero-order valence-electron chi connectivity index (χ0n) is 8.07. The molecule has 0 aliphatic rings. The molecule has 3 heteroatoms. The molecule has 70 valence electrons. The smallest absolute Gasteiger partial charge is 0.148 e. The topological polar surface area (TPSA) is 30.8 Å². The minimum absolute atomic E-state index is 0.720. The zero-order chi connectivity index (χ0) is 9.68. The Hall–Kier alpha value is -1.51. The van der Waals surface area contributed by atoms with E-state index in [1.54, 1.807) is 20.4 Å². The van der Waals surface area contributed by atoms with Crippen LogP contribution >= 0.6 is 0 Å². The van der Waals surface area contributed by atoms with E-state index in [4.69, 9.17) is 9.47 Å². The minimum Gasteiger partial charge on any atom is -0.494 e. The summed E-state index contributed by atoms with van der Waals surface area (Å²) in [6.07, 6.45) is 1.71. The molecule has 1 rings (SSSR count). The van der Waals surface area contributed by atoms with Crippen LogP contribution in [0.1, 0.15) is 6.92 Å². The second-order valence-corrected chi connectivity index (χ2v) is 2.40. The summed E-state index contributed by atoms with van der Waals surface area (Å²) in [6, 6.07) is 5.57. The summed E-state index contributed by atoms with van der Waals surface area (Å²) in [5, 5.41) is 0. The van der Waals surface area contributed by atoms with E-state index in [1.807, 2.05) is 25.1 Å². The molecule has 13 heavy (non-hydrogen) atoms. The second kappa shape index (κ2) is 4.50. The normalized spacial score (nSPS) is 10.4. The average molecular weight is 179 g/mol. The predicted molar refractivity (Wildman–Crippen MR) is 53.4 cm³/mol. The van der Waals surface area contributed by atoms with Crippen LogP contribution < -0.4 is 9.47 Å². The third-order valence-electron chi connectivity index (χ3n) is 1.66. The molecule has 0 saturated carbocycles. The molecule has 0 fully saturated rings. The predicted octanol–water partition coefficient (Wildman–Crippen LogP) is 2.43. The molecule has 1 aromatic rings. The number of nitrogens with zero attached hydrogens (tertiary/aromatic N) is 1. The van der Waals surface area contributed by atoms with Crippen molar-refractivity contribution < 1.29 is 9.47 Å². The van der Waals surface area contributed by atoms with Crippen LogP contribution in [0.2, 0.25) is 0 Å². The molecular weight excluding hydrogens is 166 g/mol. The molecule has 0 bridgehead atoms. The van der Waals surface area contributed by atoms with E-state index in [2.05, 4.69) is 4.99 Å². The molecule has 0 amide bonds. The highest BCUT2D eigenvalue weighted by Gasteiger charge is 2.06. The molecule has 0 saturated heterocycles. The van der Waals surface area contributed by atoms with Gasteiger partial charge in [-0.2, -0.15) is 0 Å². The molecule has 0 unspecified atom stereocenters. The van der Waals surface area contributed by atoms with E-state index in [0.717, 1.165) is 17.2 Å². The van der Waals surface area contributed by atoms with Crippen molar-refractivity contribution in [2.45, 2.75) is 6.92 Å². The van der Waals surface area contributed by atoms with Gasteiger partial charge in [0, 0.05) is 6.21 Å². The van der Waals surface area contributed by atoms with Crippen molar-refractivity contribution in [1.82, 2.24) is 0 Å². The Bertz CT molecular complexity index is 286. The molecule has 1 aromatic carbocycles. The molecule has 0 atom stereocenters. The van der Waals surface area contributed by atoms with E-state index in [1.165, 1.54) is 0 Å². The lowest BCUT2D eigenvalue weighted by Gasteiger charge is -2.08. The van der Waals surface area contributed by atoms with Gasteiger partial charge in [-0.05, 0) is 19.1 Å². The summed E-state index contributed by atoms with van der Waals surface area (Å²) >= 11 is 0. The SMILES string of the molecule is CC=Nc1c(OC)cccc1OC. The van der Waals surface area contributed by atoms with Crippen molar-refractivity contribution >= 4 is 11.9 Å². The van der Waals surface area contributed by atoms with Gasteiger partial charge in [0.2, 0.25) is 0 Å². The second-order valence-electron chi connectivity index (χ2n) is 2.40. The highest BCUT2D eigenvalue weighted by atomic mass is 16.5. The van der Waals surface area contributed by atoms with E-state index >= 15 is 0 Å². The first-order chi connectivity index (χ1) is 6.33. The summed E-state index contributed by atoms with van der Waals surface area (Å²) in [4.78, 5) is 4.17. The van der Waals surface area contributed by atoms with Gasteiger partial charge in [0.25, 0.3) is 0 Å². The van der Waals surface area contributed by atoms with Gasteiger partial charge in [0.05, 0.1) is 14.2 Å². The molecule has 0 heterocycles. The molecule has 0 aromatic heterocycles. The van der Waals surface area contributed by atoms with E-state index in [-0.39, 0.29) is 0 Å². The number of benzene rings is 1. The van der Waals surface area contributed by atoms with Crippen LogP contribution in [0.4, 0.5) is 5.69 Å². The number of hydrogen-bond acceptors (Lipinski definition) is 3. The minimum atomic E-state index is 0.720.